The Balaban J connectivity index is 2.25. The van der Waals surface area contributed by atoms with Gasteiger partial charge in [0.05, 0.1) is 18.3 Å². The van der Waals surface area contributed by atoms with Gasteiger partial charge in [-0.3, -0.25) is 9.79 Å². The lowest BCUT2D eigenvalue weighted by molar-refractivity contribution is -0.121. The minimum absolute atomic E-state index is 0.0451. The SMILES string of the molecule is CC1=NCC(c2ccccc2)C(=O)N1. The fourth-order valence-corrected chi connectivity index (χ4v) is 1.56. The van der Waals surface area contributed by atoms with Gasteiger partial charge in [0.1, 0.15) is 0 Å². The van der Waals surface area contributed by atoms with Gasteiger partial charge in [-0.05, 0) is 12.5 Å². The molecular weight excluding hydrogens is 176 g/mol. The highest BCUT2D eigenvalue weighted by molar-refractivity contribution is 6.01. The van der Waals surface area contributed by atoms with E-state index in [-0.39, 0.29) is 11.8 Å². The predicted molar refractivity (Wildman–Crippen MR) is 55.3 cm³/mol. The second-order valence-electron chi connectivity index (χ2n) is 3.38. The Kier molecular flexibility index (Phi) is 2.31. The third kappa shape index (κ3) is 1.66. The summed E-state index contributed by atoms with van der Waals surface area (Å²) >= 11 is 0. The van der Waals surface area contributed by atoms with Crippen LogP contribution in [0.2, 0.25) is 0 Å². The maximum atomic E-state index is 11.6. The molecule has 1 aromatic rings. The molecule has 0 fully saturated rings. The molecule has 0 radical (unpaired) electrons. The van der Waals surface area contributed by atoms with E-state index in [4.69, 9.17) is 0 Å². The minimum Gasteiger partial charge on any atom is -0.314 e. The molecule has 1 N–H and O–H groups in total. The van der Waals surface area contributed by atoms with Crippen LogP contribution in [0.3, 0.4) is 0 Å². The van der Waals surface area contributed by atoms with E-state index in [0.717, 1.165) is 5.56 Å². The largest absolute Gasteiger partial charge is 0.314 e. The molecule has 1 aliphatic heterocycles. The number of nitrogens with zero attached hydrogens (tertiary/aromatic N) is 1. The molecule has 1 aromatic carbocycles. The summed E-state index contributed by atoms with van der Waals surface area (Å²) in [6.45, 7) is 2.36. The van der Waals surface area contributed by atoms with E-state index in [1.165, 1.54) is 0 Å². The van der Waals surface area contributed by atoms with Gasteiger partial charge in [-0.15, -0.1) is 0 Å². The second-order valence-corrected chi connectivity index (χ2v) is 3.38. The molecule has 0 spiro atoms. The van der Waals surface area contributed by atoms with Crippen molar-refractivity contribution >= 4 is 11.7 Å². The molecule has 1 heterocycles. The zero-order chi connectivity index (χ0) is 9.97. The quantitative estimate of drug-likeness (QED) is 0.709. The third-order valence-electron chi connectivity index (χ3n) is 2.33. The Hall–Kier alpha value is -1.64. The van der Waals surface area contributed by atoms with Gasteiger partial charge in [-0.2, -0.15) is 0 Å². The molecule has 14 heavy (non-hydrogen) atoms. The van der Waals surface area contributed by atoms with Crippen molar-refractivity contribution in [2.45, 2.75) is 12.8 Å². The number of amidine groups is 1. The van der Waals surface area contributed by atoms with E-state index in [0.29, 0.717) is 12.4 Å². The molecule has 0 aliphatic carbocycles. The molecule has 1 atom stereocenters. The van der Waals surface area contributed by atoms with Crippen LogP contribution in [0.5, 0.6) is 0 Å². The normalized spacial score (nSPS) is 21.4. The Morgan fingerprint density at radius 2 is 2.07 bits per heavy atom. The van der Waals surface area contributed by atoms with Crippen molar-refractivity contribution in [3.8, 4) is 0 Å². The van der Waals surface area contributed by atoms with Crippen LogP contribution in [-0.4, -0.2) is 18.3 Å². The van der Waals surface area contributed by atoms with Crippen molar-refractivity contribution in [2.24, 2.45) is 4.99 Å². The number of aliphatic imine (C=N–C) groups is 1. The van der Waals surface area contributed by atoms with Crippen LogP contribution in [0.4, 0.5) is 0 Å². The molecule has 0 bridgehead atoms. The zero-order valence-corrected chi connectivity index (χ0v) is 8.03. The van der Waals surface area contributed by atoms with E-state index in [9.17, 15) is 4.79 Å². The number of nitrogens with one attached hydrogen (secondary N) is 1. The number of carbonyl (C=O) groups is 1. The summed E-state index contributed by atoms with van der Waals surface area (Å²) < 4.78 is 0. The number of amides is 1. The highest BCUT2D eigenvalue weighted by Crippen LogP contribution is 2.18. The first kappa shape index (κ1) is 8.94. The van der Waals surface area contributed by atoms with E-state index >= 15 is 0 Å². The van der Waals surface area contributed by atoms with Gasteiger partial charge < -0.3 is 5.32 Å². The maximum absolute atomic E-state index is 11.6. The lowest BCUT2D eigenvalue weighted by Crippen LogP contribution is -2.38. The first-order valence-electron chi connectivity index (χ1n) is 4.64. The van der Waals surface area contributed by atoms with Gasteiger partial charge in [0.25, 0.3) is 0 Å². The van der Waals surface area contributed by atoms with E-state index < -0.39 is 0 Å². The number of hydrogen-bond acceptors (Lipinski definition) is 2. The standard InChI is InChI=1S/C11H12N2O/c1-8-12-7-10(11(14)13-8)9-5-3-2-4-6-9/h2-6,10H,7H2,1H3,(H,12,13,14). The first-order chi connectivity index (χ1) is 6.77. The number of rotatable bonds is 1. The van der Waals surface area contributed by atoms with Gasteiger partial charge in [0.15, 0.2) is 0 Å². The van der Waals surface area contributed by atoms with E-state index in [2.05, 4.69) is 10.3 Å². The smallest absolute Gasteiger partial charge is 0.234 e. The fourth-order valence-electron chi connectivity index (χ4n) is 1.56. The highest BCUT2D eigenvalue weighted by Gasteiger charge is 2.23. The van der Waals surface area contributed by atoms with Crippen LogP contribution in [0.25, 0.3) is 0 Å². The molecule has 0 saturated heterocycles. The van der Waals surface area contributed by atoms with Crippen molar-refractivity contribution in [3.05, 3.63) is 35.9 Å². The van der Waals surface area contributed by atoms with Gasteiger partial charge in [-0.25, -0.2) is 0 Å². The van der Waals surface area contributed by atoms with Crippen molar-refractivity contribution in [2.75, 3.05) is 6.54 Å². The maximum Gasteiger partial charge on any atom is 0.234 e. The summed E-state index contributed by atoms with van der Waals surface area (Å²) in [7, 11) is 0. The van der Waals surface area contributed by atoms with Crippen LogP contribution in [0.15, 0.2) is 35.3 Å². The summed E-state index contributed by atoms with van der Waals surface area (Å²) in [5.41, 5.74) is 1.03. The van der Waals surface area contributed by atoms with Gasteiger partial charge in [0.2, 0.25) is 5.91 Å². The minimum atomic E-state index is -0.125. The van der Waals surface area contributed by atoms with Crippen molar-refractivity contribution in [1.29, 1.82) is 0 Å². The van der Waals surface area contributed by atoms with Crippen LogP contribution in [-0.2, 0) is 4.79 Å². The average Bonchev–Trinajstić information content (AvgIpc) is 2.19. The van der Waals surface area contributed by atoms with Crippen molar-refractivity contribution in [3.63, 3.8) is 0 Å². The summed E-state index contributed by atoms with van der Waals surface area (Å²) in [6.07, 6.45) is 0. The topological polar surface area (TPSA) is 41.5 Å². The summed E-state index contributed by atoms with van der Waals surface area (Å²) in [6, 6.07) is 9.74. The Morgan fingerprint density at radius 3 is 2.71 bits per heavy atom. The molecule has 3 nitrogen and oxygen atoms in total. The fraction of sp³-hybridized carbons (Fsp3) is 0.273. The molecule has 3 heteroatoms. The molecular formula is C11H12N2O. The van der Waals surface area contributed by atoms with Gasteiger partial charge >= 0.3 is 0 Å². The summed E-state index contributed by atoms with van der Waals surface area (Å²) in [5, 5.41) is 2.74. The summed E-state index contributed by atoms with van der Waals surface area (Å²) in [5.74, 6) is 0.630. The third-order valence-corrected chi connectivity index (χ3v) is 2.33. The molecule has 1 amide bonds. The monoisotopic (exact) mass is 188 g/mol. The van der Waals surface area contributed by atoms with Gasteiger partial charge in [0, 0.05) is 0 Å². The lowest BCUT2D eigenvalue weighted by atomic mass is 9.97. The molecule has 0 saturated carbocycles. The number of hydrogen-bond donors (Lipinski definition) is 1. The van der Waals surface area contributed by atoms with E-state index in [1.807, 2.05) is 30.3 Å². The Morgan fingerprint density at radius 1 is 1.36 bits per heavy atom. The van der Waals surface area contributed by atoms with Crippen LogP contribution in [0.1, 0.15) is 18.4 Å². The first-order valence-corrected chi connectivity index (χ1v) is 4.64. The molecule has 1 aliphatic rings. The molecule has 72 valence electrons. The highest BCUT2D eigenvalue weighted by atomic mass is 16.2. The van der Waals surface area contributed by atoms with Crippen LogP contribution < -0.4 is 5.32 Å². The predicted octanol–water partition coefficient (Wildman–Crippen LogP) is 1.32. The van der Waals surface area contributed by atoms with Crippen molar-refractivity contribution < 1.29 is 4.79 Å². The molecule has 2 rings (SSSR count). The summed E-state index contributed by atoms with van der Waals surface area (Å²) in [4.78, 5) is 15.8. The van der Waals surface area contributed by atoms with Crippen LogP contribution >= 0.6 is 0 Å². The zero-order valence-electron chi connectivity index (χ0n) is 8.03. The lowest BCUT2D eigenvalue weighted by Gasteiger charge is -2.19. The van der Waals surface area contributed by atoms with E-state index in [1.54, 1.807) is 6.92 Å². The van der Waals surface area contributed by atoms with Gasteiger partial charge in [-0.1, -0.05) is 30.3 Å². The second kappa shape index (κ2) is 3.62. The number of benzene rings is 1. The Bertz CT molecular complexity index is 370. The average molecular weight is 188 g/mol. The van der Waals surface area contributed by atoms with Crippen molar-refractivity contribution in [1.82, 2.24) is 5.32 Å². The molecule has 0 aromatic heterocycles. The Labute approximate surface area is 82.9 Å². The molecule has 1 unspecified atom stereocenters. The number of carbonyl (C=O) groups excluding carboxylic acids is 1. The van der Waals surface area contributed by atoms with Crippen LogP contribution in [0, 0.1) is 0 Å².